The van der Waals surface area contributed by atoms with Crippen molar-refractivity contribution in [3.8, 4) is 11.3 Å². The third-order valence-corrected chi connectivity index (χ3v) is 4.67. The van der Waals surface area contributed by atoms with E-state index in [2.05, 4.69) is 20.5 Å². The van der Waals surface area contributed by atoms with Crippen LogP contribution >= 0.6 is 0 Å². The predicted octanol–water partition coefficient (Wildman–Crippen LogP) is 2.65. The molecule has 0 saturated carbocycles. The highest BCUT2D eigenvalue weighted by atomic mass is 16.6. The first-order valence-corrected chi connectivity index (χ1v) is 9.43. The lowest BCUT2D eigenvalue weighted by atomic mass is 10.0. The van der Waals surface area contributed by atoms with E-state index in [4.69, 9.17) is 0 Å². The SMILES string of the molecule is CCn1cc(-c2cc(C(=O)NCCn3cc([N+](=O)[O-])cn3)c3ccccc3n2)cn1. The fraction of sp³-hybridized carbons (Fsp3) is 0.200. The van der Waals surface area contributed by atoms with Gasteiger partial charge in [-0.15, -0.1) is 0 Å². The second kappa shape index (κ2) is 8.11. The molecule has 1 aromatic carbocycles. The van der Waals surface area contributed by atoms with E-state index in [0.29, 0.717) is 23.3 Å². The van der Waals surface area contributed by atoms with Gasteiger partial charge in [0.2, 0.25) is 0 Å². The molecule has 0 atom stereocenters. The summed E-state index contributed by atoms with van der Waals surface area (Å²) in [6, 6.07) is 9.21. The van der Waals surface area contributed by atoms with Crippen LogP contribution in [0.25, 0.3) is 22.2 Å². The molecule has 4 aromatic rings. The molecule has 3 aromatic heterocycles. The summed E-state index contributed by atoms with van der Waals surface area (Å²) >= 11 is 0. The number of para-hydroxylation sites is 1. The molecule has 0 aliphatic rings. The molecule has 0 saturated heterocycles. The van der Waals surface area contributed by atoms with Crippen molar-refractivity contribution >= 4 is 22.5 Å². The summed E-state index contributed by atoms with van der Waals surface area (Å²) < 4.78 is 3.23. The van der Waals surface area contributed by atoms with Gasteiger partial charge in [0, 0.05) is 30.2 Å². The molecule has 152 valence electrons. The average Bonchev–Trinajstić information content (AvgIpc) is 3.42. The van der Waals surface area contributed by atoms with E-state index in [0.717, 1.165) is 17.5 Å². The molecule has 4 rings (SSSR count). The Hall–Kier alpha value is -4.08. The summed E-state index contributed by atoms with van der Waals surface area (Å²) in [7, 11) is 0. The summed E-state index contributed by atoms with van der Waals surface area (Å²) in [5.74, 6) is -0.251. The molecule has 0 aliphatic carbocycles. The van der Waals surface area contributed by atoms with E-state index in [-0.39, 0.29) is 18.1 Å². The van der Waals surface area contributed by atoms with Crippen LogP contribution in [-0.2, 0) is 13.1 Å². The number of fused-ring (bicyclic) bond motifs is 1. The quantitative estimate of drug-likeness (QED) is 0.373. The molecular formula is C20H19N7O3. The van der Waals surface area contributed by atoms with Crippen LogP contribution in [0.4, 0.5) is 5.69 Å². The number of nitro groups is 1. The summed E-state index contributed by atoms with van der Waals surface area (Å²) in [5.41, 5.74) is 2.64. The third-order valence-electron chi connectivity index (χ3n) is 4.67. The standard InChI is InChI=1S/C20H19N7O3/c1-2-25-12-14(10-22-25)19-9-17(16-5-3-4-6-18(16)24-19)20(28)21-7-8-26-13-15(11-23-26)27(29)30/h3-6,9-13H,2,7-8H2,1H3,(H,21,28). The molecule has 0 fully saturated rings. The highest BCUT2D eigenvalue weighted by Crippen LogP contribution is 2.24. The van der Waals surface area contributed by atoms with Crippen LogP contribution in [0.1, 0.15) is 17.3 Å². The van der Waals surface area contributed by atoms with Gasteiger partial charge in [0.15, 0.2) is 0 Å². The Balaban J connectivity index is 1.56. The molecule has 0 spiro atoms. The van der Waals surface area contributed by atoms with E-state index < -0.39 is 4.92 Å². The van der Waals surface area contributed by atoms with E-state index in [1.807, 2.05) is 37.4 Å². The Morgan fingerprint density at radius 1 is 1.17 bits per heavy atom. The fourth-order valence-corrected chi connectivity index (χ4v) is 3.13. The number of carbonyl (C=O) groups excluding carboxylic acids is 1. The minimum absolute atomic E-state index is 0.0845. The van der Waals surface area contributed by atoms with Crippen molar-refractivity contribution in [2.75, 3.05) is 6.54 Å². The Labute approximate surface area is 171 Å². The zero-order chi connectivity index (χ0) is 21.1. The molecule has 1 amide bonds. The highest BCUT2D eigenvalue weighted by Gasteiger charge is 2.15. The van der Waals surface area contributed by atoms with Crippen LogP contribution in [0.15, 0.2) is 55.1 Å². The normalized spacial score (nSPS) is 11.0. The lowest BCUT2D eigenvalue weighted by Gasteiger charge is -2.10. The number of nitrogens with one attached hydrogen (secondary N) is 1. The number of carbonyl (C=O) groups is 1. The number of pyridine rings is 1. The Kier molecular flexibility index (Phi) is 5.21. The number of hydrogen-bond acceptors (Lipinski definition) is 6. The number of amides is 1. The highest BCUT2D eigenvalue weighted by molar-refractivity contribution is 6.07. The van der Waals surface area contributed by atoms with Gasteiger partial charge >= 0.3 is 5.69 Å². The maximum atomic E-state index is 12.9. The number of aryl methyl sites for hydroxylation is 1. The average molecular weight is 405 g/mol. The second-order valence-corrected chi connectivity index (χ2v) is 6.63. The molecule has 3 heterocycles. The van der Waals surface area contributed by atoms with Crippen molar-refractivity contribution < 1.29 is 9.72 Å². The zero-order valence-corrected chi connectivity index (χ0v) is 16.2. The van der Waals surface area contributed by atoms with Gasteiger partial charge in [0.25, 0.3) is 5.91 Å². The number of benzene rings is 1. The minimum Gasteiger partial charge on any atom is -0.350 e. The summed E-state index contributed by atoms with van der Waals surface area (Å²) in [5, 5.41) is 22.6. The Morgan fingerprint density at radius 2 is 1.97 bits per heavy atom. The molecule has 0 bridgehead atoms. The number of nitrogens with zero attached hydrogens (tertiary/aromatic N) is 6. The van der Waals surface area contributed by atoms with Crippen LogP contribution in [0.5, 0.6) is 0 Å². The molecule has 0 aliphatic heterocycles. The summed E-state index contributed by atoms with van der Waals surface area (Å²) in [6.45, 7) is 3.33. The summed E-state index contributed by atoms with van der Waals surface area (Å²) in [6.07, 6.45) is 6.13. The first-order chi connectivity index (χ1) is 14.5. The summed E-state index contributed by atoms with van der Waals surface area (Å²) in [4.78, 5) is 27.8. The van der Waals surface area contributed by atoms with Gasteiger partial charge in [-0.3, -0.25) is 24.3 Å². The predicted molar refractivity (Wildman–Crippen MR) is 110 cm³/mol. The van der Waals surface area contributed by atoms with Crippen LogP contribution in [0, 0.1) is 10.1 Å². The van der Waals surface area contributed by atoms with E-state index >= 15 is 0 Å². The van der Waals surface area contributed by atoms with Crippen molar-refractivity contribution in [1.82, 2.24) is 29.9 Å². The monoisotopic (exact) mass is 405 g/mol. The van der Waals surface area contributed by atoms with Crippen molar-refractivity contribution in [3.63, 3.8) is 0 Å². The second-order valence-electron chi connectivity index (χ2n) is 6.63. The van der Waals surface area contributed by atoms with Crippen LogP contribution in [0.2, 0.25) is 0 Å². The molecule has 0 radical (unpaired) electrons. The molecule has 10 heteroatoms. The van der Waals surface area contributed by atoms with Crippen molar-refractivity contribution in [1.29, 1.82) is 0 Å². The van der Waals surface area contributed by atoms with Crippen LogP contribution < -0.4 is 5.32 Å². The van der Waals surface area contributed by atoms with Gasteiger partial charge in [-0.2, -0.15) is 10.2 Å². The largest absolute Gasteiger partial charge is 0.350 e. The third kappa shape index (κ3) is 3.88. The van der Waals surface area contributed by atoms with E-state index in [1.54, 1.807) is 16.9 Å². The smallest absolute Gasteiger partial charge is 0.306 e. The lowest BCUT2D eigenvalue weighted by Crippen LogP contribution is -2.27. The Bertz CT molecular complexity index is 1230. The molecule has 30 heavy (non-hydrogen) atoms. The first kappa shape index (κ1) is 19.2. The van der Waals surface area contributed by atoms with Gasteiger partial charge in [-0.25, -0.2) is 4.98 Å². The van der Waals surface area contributed by atoms with Crippen molar-refractivity contribution in [2.45, 2.75) is 20.0 Å². The number of rotatable bonds is 7. The van der Waals surface area contributed by atoms with Crippen LogP contribution in [-0.4, -0.2) is 41.9 Å². The maximum absolute atomic E-state index is 12.9. The number of aromatic nitrogens is 5. The maximum Gasteiger partial charge on any atom is 0.306 e. The van der Waals surface area contributed by atoms with Gasteiger partial charge in [0.1, 0.15) is 12.4 Å². The Morgan fingerprint density at radius 3 is 2.70 bits per heavy atom. The van der Waals surface area contributed by atoms with Gasteiger partial charge in [-0.1, -0.05) is 18.2 Å². The van der Waals surface area contributed by atoms with Crippen molar-refractivity contribution in [2.24, 2.45) is 0 Å². The van der Waals surface area contributed by atoms with E-state index in [9.17, 15) is 14.9 Å². The molecular weight excluding hydrogens is 386 g/mol. The first-order valence-electron chi connectivity index (χ1n) is 9.43. The molecule has 1 N–H and O–H groups in total. The van der Waals surface area contributed by atoms with Crippen LogP contribution in [0.3, 0.4) is 0 Å². The molecule has 0 unspecified atom stereocenters. The molecule has 10 nitrogen and oxygen atoms in total. The number of hydrogen-bond donors (Lipinski definition) is 1. The van der Waals surface area contributed by atoms with Gasteiger partial charge in [-0.05, 0) is 19.1 Å². The van der Waals surface area contributed by atoms with E-state index in [1.165, 1.54) is 17.1 Å². The minimum atomic E-state index is -0.507. The van der Waals surface area contributed by atoms with Gasteiger partial charge in [0.05, 0.1) is 34.4 Å². The fourth-order valence-electron chi connectivity index (χ4n) is 3.13. The zero-order valence-electron chi connectivity index (χ0n) is 16.2. The lowest BCUT2D eigenvalue weighted by molar-refractivity contribution is -0.385. The topological polar surface area (TPSA) is 121 Å². The van der Waals surface area contributed by atoms with Gasteiger partial charge < -0.3 is 5.32 Å². The van der Waals surface area contributed by atoms with Crippen molar-refractivity contribution in [3.05, 3.63) is 70.8 Å².